The second-order valence-corrected chi connectivity index (χ2v) is 14.9. The largest absolute Gasteiger partial charge is 0.369 e. The molecule has 3 nitrogen and oxygen atoms in total. The van der Waals surface area contributed by atoms with Gasteiger partial charge >= 0.3 is 0 Å². The summed E-state index contributed by atoms with van der Waals surface area (Å²) in [4.78, 5) is 25.9. The molecule has 1 amide bonds. The number of fused-ring (bicyclic) bond motifs is 7. The van der Waals surface area contributed by atoms with E-state index in [9.17, 15) is 9.59 Å². The molecule has 5 rings (SSSR count). The summed E-state index contributed by atoms with van der Waals surface area (Å²) in [5.74, 6) is 1.79. The Morgan fingerprint density at radius 3 is 2.24 bits per heavy atom. The molecule has 0 aliphatic heterocycles. The quantitative estimate of drug-likeness (QED) is 0.442. The van der Waals surface area contributed by atoms with Gasteiger partial charge < -0.3 is 5.73 Å². The molecule has 3 heteroatoms. The summed E-state index contributed by atoms with van der Waals surface area (Å²) in [7, 11) is 0. The van der Waals surface area contributed by atoms with Crippen molar-refractivity contribution in [3.05, 3.63) is 11.6 Å². The van der Waals surface area contributed by atoms with Crippen molar-refractivity contribution in [2.24, 2.45) is 56.0 Å². The minimum Gasteiger partial charge on any atom is -0.369 e. The van der Waals surface area contributed by atoms with Crippen LogP contribution in [0.1, 0.15) is 113 Å². The van der Waals surface area contributed by atoms with E-state index in [0.717, 1.165) is 57.8 Å². The van der Waals surface area contributed by atoms with Gasteiger partial charge in [0.25, 0.3) is 0 Å². The third-order valence-corrected chi connectivity index (χ3v) is 12.9. The summed E-state index contributed by atoms with van der Waals surface area (Å²) >= 11 is 0. The van der Waals surface area contributed by atoms with E-state index in [-0.39, 0.29) is 38.4 Å². The number of carbonyl (C=O) groups excluding carboxylic acids is 2. The van der Waals surface area contributed by atoms with E-state index >= 15 is 0 Å². The van der Waals surface area contributed by atoms with Crippen molar-refractivity contribution >= 4 is 11.7 Å². The molecule has 0 aromatic carbocycles. The molecule has 7 atom stereocenters. The summed E-state index contributed by atoms with van der Waals surface area (Å²) < 4.78 is 0. The molecule has 4 fully saturated rings. The highest BCUT2D eigenvalue weighted by atomic mass is 16.1. The van der Waals surface area contributed by atoms with Crippen molar-refractivity contribution in [2.45, 2.75) is 113 Å². The van der Waals surface area contributed by atoms with Crippen molar-refractivity contribution in [1.29, 1.82) is 0 Å². The van der Waals surface area contributed by atoms with Crippen LogP contribution in [0.25, 0.3) is 0 Å². The van der Waals surface area contributed by atoms with Gasteiger partial charge in [0.1, 0.15) is 5.78 Å². The fourth-order valence-corrected chi connectivity index (χ4v) is 10.5. The molecule has 0 radical (unpaired) electrons. The molecule has 4 saturated carbocycles. The van der Waals surface area contributed by atoms with Crippen LogP contribution in [0.15, 0.2) is 11.6 Å². The van der Waals surface area contributed by atoms with Gasteiger partial charge in [-0.1, -0.05) is 60.1 Å². The average Bonchev–Trinajstić information content (AvgIpc) is 2.71. The molecule has 33 heavy (non-hydrogen) atoms. The van der Waals surface area contributed by atoms with E-state index in [1.165, 1.54) is 6.42 Å². The van der Waals surface area contributed by atoms with Crippen LogP contribution in [-0.2, 0) is 9.59 Å². The highest BCUT2D eigenvalue weighted by Crippen LogP contribution is 2.75. The van der Waals surface area contributed by atoms with Gasteiger partial charge in [0.15, 0.2) is 0 Å². The number of hydrogen-bond donors (Lipinski definition) is 1. The maximum absolute atomic E-state index is 13.0. The zero-order valence-electron chi connectivity index (χ0n) is 22.3. The monoisotopic (exact) mass is 453 g/mol. The second kappa shape index (κ2) is 6.76. The maximum Gasteiger partial charge on any atom is 0.224 e. The topological polar surface area (TPSA) is 60.2 Å². The van der Waals surface area contributed by atoms with Gasteiger partial charge in [-0.3, -0.25) is 9.59 Å². The Morgan fingerprint density at radius 1 is 0.909 bits per heavy atom. The zero-order valence-corrected chi connectivity index (χ0v) is 22.3. The number of amides is 1. The van der Waals surface area contributed by atoms with Gasteiger partial charge in [0.2, 0.25) is 5.91 Å². The zero-order chi connectivity index (χ0) is 24.2. The van der Waals surface area contributed by atoms with Crippen molar-refractivity contribution in [3.63, 3.8) is 0 Å². The summed E-state index contributed by atoms with van der Waals surface area (Å²) in [5, 5.41) is 0. The smallest absolute Gasteiger partial charge is 0.224 e. The van der Waals surface area contributed by atoms with Crippen molar-refractivity contribution in [3.8, 4) is 0 Å². The number of nitrogens with two attached hydrogens (primary N) is 1. The van der Waals surface area contributed by atoms with E-state index in [0.29, 0.717) is 23.5 Å². The van der Waals surface area contributed by atoms with Crippen LogP contribution >= 0.6 is 0 Å². The fraction of sp³-hybridized carbons (Fsp3) is 0.867. The lowest BCUT2D eigenvalue weighted by Gasteiger charge is -2.70. The standard InChI is InChI=1S/C30H47NO2/c1-25(2)14-16-30(24(31)33)17-15-28(6)19(20(30)18-25)8-9-22-27(5)12-11-23(32)26(3,4)21(27)10-13-29(22,28)7/h8,20-22H,9-18H2,1-7H3,(H2,31,33)/t20-,21-,22+,27-,28+,29+,30-/m0/s1. The number of carbonyl (C=O) groups is 2. The maximum atomic E-state index is 13.0. The lowest BCUT2D eigenvalue weighted by Crippen LogP contribution is -2.65. The number of Topliss-reactive ketones (excluding diaryl/α,β-unsaturated/α-hetero) is 1. The van der Waals surface area contributed by atoms with Crippen LogP contribution in [0.4, 0.5) is 0 Å². The Balaban J connectivity index is 1.60. The van der Waals surface area contributed by atoms with Crippen LogP contribution in [0, 0.1) is 50.2 Å². The van der Waals surface area contributed by atoms with Crippen LogP contribution in [0.5, 0.6) is 0 Å². The van der Waals surface area contributed by atoms with Gasteiger partial charge in [-0.05, 0) is 97.2 Å². The van der Waals surface area contributed by atoms with Gasteiger partial charge in [-0.25, -0.2) is 0 Å². The molecule has 0 spiro atoms. The van der Waals surface area contributed by atoms with E-state index in [2.05, 4.69) is 54.5 Å². The van der Waals surface area contributed by atoms with Gasteiger partial charge in [-0.2, -0.15) is 0 Å². The number of rotatable bonds is 1. The van der Waals surface area contributed by atoms with Crippen molar-refractivity contribution in [2.75, 3.05) is 0 Å². The molecule has 0 aromatic heterocycles. The van der Waals surface area contributed by atoms with Crippen LogP contribution < -0.4 is 5.73 Å². The first-order valence-corrected chi connectivity index (χ1v) is 13.7. The first kappa shape index (κ1) is 23.6. The summed E-state index contributed by atoms with van der Waals surface area (Å²) in [5.41, 5.74) is 8.01. The van der Waals surface area contributed by atoms with E-state index in [1.807, 2.05) is 0 Å². The van der Waals surface area contributed by atoms with Crippen molar-refractivity contribution in [1.82, 2.24) is 0 Å². The molecule has 0 bridgehead atoms. The van der Waals surface area contributed by atoms with Crippen molar-refractivity contribution < 1.29 is 9.59 Å². The van der Waals surface area contributed by atoms with Crippen LogP contribution in [-0.4, -0.2) is 11.7 Å². The molecular weight excluding hydrogens is 406 g/mol. The second-order valence-electron chi connectivity index (χ2n) is 14.9. The van der Waals surface area contributed by atoms with E-state index in [4.69, 9.17) is 5.73 Å². The third kappa shape index (κ3) is 2.80. The summed E-state index contributed by atoms with van der Waals surface area (Å²) in [6.45, 7) is 16.9. The Kier molecular flexibility index (Phi) is 4.83. The molecule has 0 unspecified atom stereocenters. The van der Waals surface area contributed by atoms with Gasteiger partial charge in [0, 0.05) is 11.8 Å². The lowest BCUT2D eigenvalue weighted by atomic mass is 9.33. The molecule has 5 aliphatic rings. The Hall–Kier alpha value is -1.12. The Bertz CT molecular complexity index is 930. The van der Waals surface area contributed by atoms with Gasteiger partial charge in [0.05, 0.1) is 5.41 Å². The summed E-state index contributed by atoms with van der Waals surface area (Å²) in [6, 6.07) is 0. The Morgan fingerprint density at radius 2 is 1.58 bits per heavy atom. The molecule has 0 saturated heterocycles. The molecule has 0 heterocycles. The minimum absolute atomic E-state index is 0.0542. The highest BCUT2D eigenvalue weighted by molar-refractivity contribution is 5.85. The minimum atomic E-state index is -0.343. The molecule has 0 aromatic rings. The average molecular weight is 454 g/mol. The number of primary amides is 1. The van der Waals surface area contributed by atoms with E-state index in [1.54, 1.807) is 5.57 Å². The number of allylic oxidation sites excluding steroid dienone is 2. The fourth-order valence-electron chi connectivity index (χ4n) is 10.5. The first-order valence-electron chi connectivity index (χ1n) is 13.7. The molecule has 184 valence electrons. The SMILES string of the molecule is CC1(C)CC[C@]2(C(N)=O)CC[C@]3(C)C(=CC[C@@H]4[C@@]5(C)CCC(=O)C(C)(C)[C@@H]5CC[C@]43C)[C@@H]2C1. The number of ketones is 1. The lowest BCUT2D eigenvalue weighted by molar-refractivity contribution is -0.185. The molecular formula is C30H47NO2. The first-order chi connectivity index (χ1) is 15.1. The molecule has 5 aliphatic carbocycles. The highest BCUT2D eigenvalue weighted by Gasteiger charge is 2.69. The van der Waals surface area contributed by atoms with E-state index < -0.39 is 0 Å². The van der Waals surface area contributed by atoms with Gasteiger partial charge in [-0.15, -0.1) is 0 Å². The third-order valence-electron chi connectivity index (χ3n) is 12.9. The summed E-state index contributed by atoms with van der Waals surface area (Å²) in [6.07, 6.45) is 13.0. The van der Waals surface area contributed by atoms with Crippen LogP contribution in [0.2, 0.25) is 0 Å². The molecule has 2 N–H and O–H groups in total. The van der Waals surface area contributed by atoms with Crippen LogP contribution in [0.3, 0.4) is 0 Å². The Labute approximate surface area is 201 Å². The normalized spacial score (nSPS) is 50.2. The number of hydrogen-bond acceptors (Lipinski definition) is 2. The predicted molar refractivity (Wildman–Crippen MR) is 133 cm³/mol. The predicted octanol–water partition coefficient (Wildman–Crippen LogP) is 6.84.